The van der Waals surface area contributed by atoms with Gasteiger partial charge in [-0.15, -0.1) is 0 Å². The molecule has 8 heteroatoms. The summed E-state index contributed by atoms with van der Waals surface area (Å²) in [5.41, 5.74) is 2.51. The van der Waals surface area contributed by atoms with Crippen LogP contribution in [0.5, 0.6) is 0 Å². The summed E-state index contributed by atoms with van der Waals surface area (Å²) in [4.78, 5) is 20.5. The summed E-state index contributed by atoms with van der Waals surface area (Å²) in [7, 11) is 0. The quantitative estimate of drug-likeness (QED) is 0.266. The van der Waals surface area contributed by atoms with Gasteiger partial charge in [-0.3, -0.25) is 4.79 Å². The molecule has 1 aliphatic heterocycles. The number of nitrogens with zero attached hydrogens (tertiary/aromatic N) is 4. The molecule has 0 saturated carbocycles. The highest BCUT2D eigenvalue weighted by Gasteiger charge is 2.31. The standard InChI is InChI=1S/C32H31FN4O3/c1-21(22-10-6-4-7-11-22)37-20-25(30-34-31(40-35-30)32(2,3)23-12-8-5-9-13-23)29(38)24-18-26(33)28(19-27(24)37)36-14-16-39-17-15-36/h4-13,18-21H,14-17H2,1-3H3/t21-/m0/s1. The Morgan fingerprint density at radius 2 is 1.65 bits per heavy atom. The maximum Gasteiger partial charge on any atom is 0.237 e. The third-order valence-electron chi connectivity index (χ3n) is 7.85. The van der Waals surface area contributed by atoms with E-state index in [9.17, 15) is 4.79 Å². The fourth-order valence-electron chi connectivity index (χ4n) is 5.34. The fraction of sp³-hybridized carbons (Fsp3) is 0.281. The molecule has 3 heterocycles. The van der Waals surface area contributed by atoms with Gasteiger partial charge in [-0.05, 0) is 44.0 Å². The van der Waals surface area contributed by atoms with Gasteiger partial charge in [0.05, 0.1) is 41.4 Å². The van der Waals surface area contributed by atoms with Gasteiger partial charge in [-0.25, -0.2) is 4.39 Å². The molecule has 1 atom stereocenters. The van der Waals surface area contributed by atoms with Crippen molar-refractivity contribution in [1.82, 2.24) is 14.7 Å². The Labute approximate surface area is 231 Å². The lowest BCUT2D eigenvalue weighted by Crippen LogP contribution is -2.36. The van der Waals surface area contributed by atoms with Crippen LogP contribution in [0, 0.1) is 5.82 Å². The van der Waals surface area contributed by atoms with Crippen molar-refractivity contribution in [2.75, 3.05) is 31.2 Å². The highest BCUT2D eigenvalue weighted by atomic mass is 19.1. The molecule has 0 unspecified atom stereocenters. The molecule has 6 rings (SSSR count). The number of pyridine rings is 1. The molecular formula is C32H31FN4O3. The highest BCUT2D eigenvalue weighted by molar-refractivity contribution is 5.86. The van der Waals surface area contributed by atoms with Crippen molar-refractivity contribution < 1.29 is 13.7 Å². The first kappa shape index (κ1) is 26.0. The van der Waals surface area contributed by atoms with Gasteiger partial charge in [-0.2, -0.15) is 4.98 Å². The third kappa shape index (κ3) is 4.58. The monoisotopic (exact) mass is 538 g/mol. The number of rotatable bonds is 6. The molecule has 0 N–H and O–H groups in total. The van der Waals surface area contributed by atoms with E-state index in [-0.39, 0.29) is 28.2 Å². The van der Waals surface area contributed by atoms with Gasteiger partial charge >= 0.3 is 0 Å². The molecular weight excluding hydrogens is 507 g/mol. The minimum atomic E-state index is -0.571. The van der Waals surface area contributed by atoms with Crippen molar-refractivity contribution >= 4 is 16.6 Å². The number of fused-ring (bicyclic) bond motifs is 1. The smallest absolute Gasteiger partial charge is 0.237 e. The number of morpholine rings is 1. The van der Waals surface area contributed by atoms with E-state index < -0.39 is 11.2 Å². The zero-order valence-electron chi connectivity index (χ0n) is 22.8. The molecule has 2 aromatic heterocycles. The van der Waals surface area contributed by atoms with E-state index in [2.05, 4.69) is 17.1 Å². The van der Waals surface area contributed by atoms with Crippen molar-refractivity contribution in [3.8, 4) is 11.4 Å². The van der Waals surface area contributed by atoms with E-state index >= 15 is 4.39 Å². The second kappa shape index (κ2) is 10.4. The lowest BCUT2D eigenvalue weighted by molar-refractivity contribution is 0.122. The van der Waals surface area contributed by atoms with Crippen molar-refractivity contribution in [1.29, 1.82) is 0 Å². The molecule has 0 amide bonds. The zero-order chi connectivity index (χ0) is 27.9. The number of aromatic nitrogens is 3. The van der Waals surface area contributed by atoms with E-state index in [0.29, 0.717) is 43.4 Å². The van der Waals surface area contributed by atoms with Gasteiger partial charge in [-0.1, -0.05) is 65.8 Å². The third-order valence-corrected chi connectivity index (χ3v) is 7.85. The van der Waals surface area contributed by atoms with Gasteiger partial charge in [0.1, 0.15) is 5.82 Å². The summed E-state index contributed by atoms with van der Waals surface area (Å²) in [6.07, 6.45) is 1.77. The lowest BCUT2D eigenvalue weighted by Gasteiger charge is -2.30. The molecule has 204 valence electrons. The van der Waals surface area contributed by atoms with Crippen molar-refractivity contribution in [2.24, 2.45) is 0 Å². The van der Waals surface area contributed by atoms with E-state index in [1.165, 1.54) is 6.07 Å². The van der Waals surface area contributed by atoms with E-state index in [1.54, 1.807) is 12.3 Å². The molecule has 3 aromatic carbocycles. The normalized spacial score (nSPS) is 14.9. The summed E-state index contributed by atoms with van der Waals surface area (Å²) in [6.45, 7) is 8.29. The van der Waals surface area contributed by atoms with E-state index in [0.717, 1.165) is 11.1 Å². The van der Waals surface area contributed by atoms with Crippen LogP contribution >= 0.6 is 0 Å². The molecule has 0 radical (unpaired) electrons. The predicted molar refractivity (Wildman–Crippen MR) is 153 cm³/mol. The number of hydrogen-bond donors (Lipinski definition) is 0. The van der Waals surface area contributed by atoms with Crippen LogP contribution in [0.2, 0.25) is 0 Å². The molecule has 1 fully saturated rings. The Balaban J connectivity index is 1.53. The summed E-state index contributed by atoms with van der Waals surface area (Å²) in [5, 5.41) is 4.48. The summed E-state index contributed by atoms with van der Waals surface area (Å²) >= 11 is 0. The first-order valence-electron chi connectivity index (χ1n) is 13.5. The maximum absolute atomic E-state index is 15.5. The molecule has 40 heavy (non-hydrogen) atoms. The second-order valence-corrected chi connectivity index (χ2v) is 10.7. The zero-order valence-corrected chi connectivity index (χ0v) is 22.8. The second-order valence-electron chi connectivity index (χ2n) is 10.7. The van der Waals surface area contributed by atoms with Crippen molar-refractivity contribution in [3.63, 3.8) is 0 Å². The number of ether oxygens (including phenoxy) is 1. The lowest BCUT2D eigenvalue weighted by atomic mass is 9.84. The van der Waals surface area contributed by atoms with E-state index in [1.807, 2.05) is 84.0 Å². The molecule has 0 aliphatic carbocycles. The first-order chi connectivity index (χ1) is 19.3. The SMILES string of the molecule is C[C@@H](c1ccccc1)n1cc(-c2noc(C(C)(C)c3ccccc3)n2)c(=O)c2cc(F)c(N3CCOCC3)cc21. The number of benzene rings is 3. The highest BCUT2D eigenvalue weighted by Crippen LogP contribution is 2.33. The summed E-state index contributed by atoms with van der Waals surface area (Å²) < 4.78 is 28.7. The van der Waals surface area contributed by atoms with Crippen LogP contribution in [0.1, 0.15) is 43.8 Å². The minimum Gasteiger partial charge on any atom is -0.378 e. The van der Waals surface area contributed by atoms with Gasteiger partial charge in [0, 0.05) is 24.7 Å². The first-order valence-corrected chi connectivity index (χ1v) is 13.5. The number of hydrogen-bond acceptors (Lipinski definition) is 6. The van der Waals surface area contributed by atoms with E-state index in [4.69, 9.17) is 9.26 Å². The Hall–Kier alpha value is -4.30. The van der Waals surface area contributed by atoms with Crippen LogP contribution in [-0.2, 0) is 10.2 Å². The van der Waals surface area contributed by atoms with Crippen LogP contribution in [0.3, 0.4) is 0 Å². The molecule has 5 aromatic rings. The van der Waals surface area contributed by atoms with Crippen molar-refractivity contribution in [3.05, 3.63) is 112 Å². The Morgan fingerprint density at radius 3 is 2.35 bits per heavy atom. The molecule has 1 aliphatic rings. The van der Waals surface area contributed by atoms with Gasteiger partial charge < -0.3 is 18.7 Å². The van der Waals surface area contributed by atoms with Gasteiger partial charge in [0.15, 0.2) is 0 Å². The van der Waals surface area contributed by atoms with Gasteiger partial charge in [0.25, 0.3) is 0 Å². The summed E-state index contributed by atoms with van der Waals surface area (Å²) in [6, 6.07) is 22.8. The maximum atomic E-state index is 15.5. The average Bonchev–Trinajstić information content (AvgIpc) is 3.49. The van der Waals surface area contributed by atoms with Crippen molar-refractivity contribution in [2.45, 2.75) is 32.2 Å². The molecule has 1 saturated heterocycles. The predicted octanol–water partition coefficient (Wildman–Crippen LogP) is 5.96. The van der Waals surface area contributed by atoms with Crippen LogP contribution in [0.4, 0.5) is 10.1 Å². The van der Waals surface area contributed by atoms with Gasteiger partial charge in [0.2, 0.25) is 17.1 Å². The summed E-state index contributed by atoms with van der Waals surface area (Å²) in [5.74, 6) is 0.129. The number of halogens is 1. The molecule has 0 spiro atoms. The Bertz CT molecular complexity index is 1710. The largest absolute Gasteiger partial charge is 0.378 e. The topological polar surface area (TPSA) is 73.4 Å². The van der Waals surface area contributed by atoms with Crippen LogP contribution < -0.4 is 10.3 Å². The minimum absolute atomic E-state index is 0.154. The average molecular weight is 539 g/mol. The Morgan fingerprint density at radius 1 is 0.975 bits per heavy atom. The van der Waals surface area contributed by atoms with Crippen LogP contribution in [-0.4, -0.2) is 41.0 Å². The van der Waals surface area contributed by atoms with Crippen LogP contribution in [0.25, 0.3) is 22.3 Å². The molecule has 0 bridgehead atoms. The van der Waals surface area contributed by atoms with Crippen LogP contribution in [0.15, 0.2) is 88.3 Å². The Kier molecular flexibility index (Phi) is 6.72. The fourth-order valence-corrected chi connectivity index (χ4v) is 5.34. The molecule has 7 nitrogen and oxygen atoms in total. The number of anilines is 1.